The van der Waals surface area contributed by atoms with E-state index < -0.39 is 0 Å². The Kier molecular flexibility index (Phi) is 8.18. The monoisotopic (exact) mass is 313 g/mol. The molecule has 3 unspecified atom stereocenters. The van der Waals surface area contributed by atoms with E-state index in [-0.39, 0.29) is 18.2 Å². The summed E-state index contributed by atoms with van der Waals surface area (Å²) in [6.07, 6.45) is 1.34. The number of ether oxygens (including phenoxy) is 1. The molecule has 0 bridgehead atoms. The molecular formula is C17H35N3O2. The number of urea groups is 1. The van der Waals surface area contributed by atoms with Gasteiger partial charge in [0.05, 0.1) is 12.2 Å². The molecule has 1 saturated heterocycles. The van der Waals surface area contributed by atoms with Gasteiger partial charge in [-0.3, -0.25) is 4.90 Å². The van der Waals surface area contributed by atoms with Crippen LogP contribution in [0.3, 0.4) is 0 Å². The zero-order valence-electron chi connectivity index (χ0n) is 15.3. The van der Waals surface area contributed by atoms with Crippen molar-refractivity contribution in [2.45, 2.75) is 66.2 Å². The molecule has 0 radical (unpaired) electrons. The van der Waals surface area contributed by atoms with E-state index in [1.807, 2.05) is 18.7 Å². The third kappa shape index (κ3) is 6.13. The van der Waals surface area contributed by atoms with Crippen LogP contribution < -0.4 is 5.32 Å². The lowest BCUT2D eigenvalue weighted by Crippen LogP contribution is -2.54. The van der Waals surface area contributed by atoms with Crippen molar-refractivity contribution in [3.63, 3.8) is 0 Å². The second-order valence-electron chi connectivity index (χ2n) is 6.85. The molecule has 0 aliphatic carbocycles. The van der Waals surface area contributed by atoms with Crippen LogP contribution in [0.15, 0.2) is 0 Å². The second kappa shape index (κ2) is 9.36. The van der Waals surface area contributed by atoms with Crippen LogP contribution in [0.5, 0.6) is 0 Å². The van der Waals surface area contributed by atoms with Gasteiger partial charge in [-0.2, -0.15) is 0 Å². The normalized spacial score (nSPS) is 23.9. The highest BCUT2D eigenvalue weighted by molar-refractivity contribution is 5.74. The molecule has 5 nitrogen and oxygen atoms in total. The molecule has 1 aliphatic heterocycles. The smallest absolute Gasteiger partial charge is 0.317 e. The van der Waals surface area contributed by atoms with Gasteiger partial charge in [0, 0.05) is 25.7 Å². The Morgan fingerprint density at radius 2 is 1.77 bits per heavy atom. The van der Waals surface area contributed by atoms with Gasteiger partial charge in [0.15, 0.2) is 0 Å². The fraction of sp³-hybridized carbons (Fsp3) is 0.941. The van der Waals surface area contributed by atoms with E-state index >= 15 is 0 Å². The van der Waals surface area contributed by atoms with E-state index in [2.05, 4.69) is 37.9 Å². The first kappa shape index (κ1) is 19.2. The van der Waals surface area contributed by atoms with Crippen LogP contribution in [0.25, 0.3) is 0 Å². The number of carbonyl (C=O) groups excluding carboxylic acids is 1. The molecule has 3 atom stereocenters. The summed E-state index contributed by atoms with van der Waals surface area (Å²) in [6.45, 7) is 17.0. The maximum atomic E-state index is 12.4. The molecule has 1 N–H and O–H groups in total. The van der Waals surface area contributed by atoms with Gasteiger partial charge in [0.25, 0.3) is 0 Å². The highest BCUT2D eigenvalue weighted by Gasteiger charge is 2.26. The third-order valence-electron chi connectivity index (χ3n) is 4.27. The van der Waals surface area contributed by atoms with Gasteiger partial charge in [-0.1, -0.05) is 27.7 Å². The largest absolute Gasteiger partial charge is 0.372 e. The first-order valence-corrected chi connectivity index (χ1v) is 8.79. The topological polar surface area (TPSA) is 44.8 Å². The highest BCUT2D eigenvalue weighted by atomic mass is 16.5. The number of rotatable bonds is 7. The average Bonchev–Trinajstić information content (AvgIpc) is 2.43. The second-order valence-corrected chi connectivity index (χ2v) is 6.85. The van der Waals surface area contributed by atoms with Gasteiger partial charge in [0.2, 0.25) is 0 Å². The van der Waals surface area contributed by atoms with E-state index in [1.165, 1.54) is 0 Å². The minimum absolute atomic E-state index is 0.0444. The summed E-state index contributed by atoms with van der Waals surface area (Å²) in [5.41, 5.74) is 0. The summed E-state index contributed by atoms with van der Waals surface area (Å²) in [5.74, 6) is 0.630. The minimum Gasteiger partial charge on any atom is -0.372 e. The maximum Gasteiger partial charge on any atom is 0.317 e. The Hall–Kier alpha value is -0.810. The minimum atomic E-state index is 0.0444. The molecule has 0 saturated carbocycles. The van der Waals surface area contributed by atoms with Gasteiger partial charge in [-0.05, 0) is 39.3 Å². The molecule has 1 rings (SSSR count). The summed E-state index contributed by atoms with van der Waals surface area (Å²) in [6, 6.07) is 0.456. The Morgan fingerprint density at radius 1 is 1.23 bits per heavy atom. The van der Waals surface area contributed by atoms with Gasteiger partial charge in [-0.25, -0.2) is 4.79 Å². The van der Waals surface area contributed by atoms with E-state index in [1.54, 1.807) is 0 Å². The van der Waals surface area contributed by atoms with Crippen LogP contribution in [0.2, 0.25) is 0 Å². The van der Waals surface area contributed by atoms with Crippen LogP contribution in [0.1, 0.15) is 48.0 Å². The number of likely N-dealkylation sites (N-methyl/N-ethyl adjacent to an activating group) is 1. The first-order valence-electron chi connectivity index (χ1n) is 8.79. The van der Waals surface area contributed by atoms with Crippen molar-refractivity contribution in [3.05, 3.63) is 0 Å². The zero-order valence-corrected chi connectivity index (χ0v) is 15.3. The summed E-state index contributed by atoms with van der Waals surface area (Å²) >= 11 is 0. The number of hydrogen-bond donors (Lipinski definition) is 1. The number of nitrogens with zero attached hydrogens (tertiary/aromatic N) is 2. The van der Waals surface area contributed by atoms with Crippen molar-refractivity contribution < 1.29 is 9.53 Å². The number of carbonyl (C=O) groups is 1. The Balaban J connectivity index is 2.54. The molecule has 22 heavy (non-hydrogen) atoms. The summed E-state index contributed by atoms with van der Waals surface area (Å²) in [7, 11) is 0. The molecule has 1 aliphatic rings. The highest BCUT2D eigenvalue weighted by Crippen LogP contribution is 2.13. The Morgan fingerprint density at radius 3 is 2.23 bits per heavy atom. The van der Waals surface area contributed by atoms with Crippen molar-refractivity contribution in [2.75, 3.05) is 32.7 Å². The molecule has 0 aromatic rings. The average molecular weight is 313 g/mol. The lowest BCUT2D eigenvalue weighted by Gasteiger charge is -2.36. The van der Waals surface area contributed by atoms with Gasteiger partial charge >= 0.3 is 6.03 Å². The zero-order chi connectivity index (χ0) is 16.7. The molecule has 0 aromatic carbocycles. The molecule has 1 fully saturated rings. The van der Waals surface area contributed by atoms with Crippen molar-refractivity contribution >= 4 is 6.03 Å². The van der Waals surface area contributed by atoms with Gasteiger partial charge in [-0.15, -0.1) is 0 Å². The van der Waals surface area contributed by atoms with Crippen molar-refractivity contribution in [1.29, 1.82) is 0 Å². The van der Waals surface area contributed by atoms with Gasteiger partial charge < -0.3 is 15.0 Å². The number of amides is 2. The van der Waals surface area contributed by atoms with E-state index in [9.17, 15) is 4.79 Å². The van der Waals surface area contributed by atoms with Crippen LogP contribution in [0.4, 0.5) is 4.79 Å². The summed E-state index contributed by atoms with van der Waals surface area (Å²) in [5, 5.41) is 3.14. The molecular weight excluding hydrogens is 278 g/mol. The van der Waals surface area contributed by atoms with E-state index in [0.717, 1.165) is 26.1 Å². The van der Waals surface area contributed by atoms with Crippen molar-refractivity contribution in [3.8, 4) is 0 Å². The molecule has 5 heteroatoms. The van der Waals surface area contributed by atoms with Crippen LogP contribution >= 0.6 is 0 Å². The number of hydrogen-bond acceptors (Lipinski definition) is 3. The van der Waals surface area contributed by atoms with Gasteiger partial charge in [0.1, 0.15) is 0 Å². The lowest BCUT2D eigenvalue weighted by molar-refractivity contribution is -0.0546. The van der Waals surface area contributed by atoms with E-state index in [4.69, 9.17) is 4.74 Å². The molecule has 0 spiro atoms. The van der Waals surface area contributed by atoms with Crippen LogP contribution in [0, 0.1) is 5.92 Å². The lowest BCUT2D eigenvalue weighted by atomic mass is 10.0. The van der Waals surface area contributed by atoms with Crippen molar-refractivity contribution in [2.24, 2.45) is 5.92 Å². The first-order chi connectivity index (χ1) is 10.4. The quantitative estimate of drug-likeness (QED) is 0.785. The summed E-state index contributed by atoms with van der Waals surface area (Å²) in [4.78, 5) is 16.7. The third-order valence-corrected chi connectivity index (χ3v) is 4.27. The number of morpholine rings is 1. The number of nitrogens with one attached hydrogen (secondary N) is 1. The van der Waals surface area contributed by atoms with Crippen LogP contribution in [-0.4, -0.2) is 66.8 Å². The summed E-state index contributed by atoms with van der Waals surface area (Å²) < 4.78 is 5.69. The predicted octanol–water partition coefficient (Wildman–Crippen LogP) is 2.56. The SMILES string of the molecule is CCN(CC)C(CNC(=O)N1CC(C)OC(C)C1)CC(C)C. The van der Waals surface area contributed by atoms with Crippen LogP contribution in [-0.2, 0) is 4.74 Å². The Bertz CT molecular complexity index is 322. The Labute approximate surface area is 136 Å². The molecule has 2 amide bonds. The van der Waals surface area contributed by atoms with E-state index in [0.29, 0.717) is 25.0 Å². The molecule has 130 valence electrons. The fourth-order valence-corrected chi connectivity index (χ4v) is 3.31. The maximum absolute atomic E-state index is 12.4. The predicted molar refractivity (Wildman–Crippen MR) is 91.1 cm³/mol. The standard InChI is InChI=1S/C17H35N3O2/c1-7-19(8-2)16(9-13(3)4)10-18-17(21)20-11-14(5)22-15(6)12-20/h13-16H,7-12H2,1-6H3,(H,18,21). The van der Waals surface area contributed by atoms with Crippen molar-refractivity contribution in [1.82, 2.24) is 15.1 Å². The fourth-order valence-electron chi connectivity index (χ4n) is 3.31. The molecule has 1 heterocycles. The molecule has 0 aromatic heterocycles.